The van der Waals surface area contributed by atoms with Crippen molar-refractivity contribution < 1.29 is 9.50 Å². The Kier molecular flexibility index (Phi) is 4.22. The normalized spacial score (nSPS) is 13.9. The molecule has 0 fully saturated rings. The third-order valence-corrected chi connectivity index (χ3v) is 3.69. The second kappa shape index (κ2) is 5.72. The highest BCUT2D eigenvalue weighted by atomic mass is 79.9. The molecule has 2 aromatic carbocycles. The highest BCUT2D eigenvalue weighted by Gasteiger charge is 2.28. The minimum atomic E-state index is -0.687. The van der Waals surface area contributed by atoms with Crippen LogP contribution in [0, 0.1) is 5.82 Å². The zero-order valence-electron chi connectivity index (χ0n) is 10.5. The van der Waals surface area contributed by atoms with E-state index in [4.69, 9.17) is 0 Å². The van der Waals surface area contributed by atoms with E-state index in [1.54, 1.807) is 6.07 Å². The van der Waals surface area contributed by atoms with Gasteiger partial charge in [0.05, 0.1) is 12.1 Å². The van der Waals surface area contributed by atoms with Gasteiger partial charge in [0.2, 0.25) is 0 Å². The van der Waals surface area contributed by atoms with Crippen molar-refractivity contribution in [2.75, 3.05) is 11.9 Å². The fraction of sp³-hybridized carbons (Fsp3) is 0.200. The van der Waals surface area contributed by atoms with Gasteiger partial charge in [-0.1, -0.05) is 40.2 Å². The largest absolute Gasteiger partial charge is 0.394 e. The van der Waals surface area contributed by atoms with Gasteiger partial charge in [-0.05, 0) is 36.8 Å². The van der Waals surface area contributed by atoms with E-state index in [1.165, 1.54) is 12.1 Å². The Bertz CT molecular complexity index is 561. The Morgan fingerprint density at radius 3 is 2.47 bits per heavy atom. The van der Waals surface area contributed by atoms with Crippen LogP contribution in [0.2, 0.25) is 0 Å². The standard InChI is InChI=1S/C15H15BrFNO/c1-15(10-19,18-12-5-3-2-4-6-12)13-8-7-11(17)9-14(13)16/h2-9,18-19H,10H2,1H3. The van der Waals surface area contributed by atoms with Gasteiger partial charge in [-0.2, -0.15) is 0 Å². The summed E-state index contributed by atoms with van der Waals surface area (Å²) in [7, 11) is 0. The lowest BCUT2D eigenvalue weighted by atomic mass is 9.92. The van der Waals surface area contributed by atoms with E-state index in [1.807, 2.05) is 37.3 Å². The zero-order valence-corrected chi connectivity index (χ0v) is 12.1. The lowest BCUT2D eigenvalue weighted by Crippen LogP contribution is -2.36. The predicted molar refractivity (Wildman–Crippen MR) is 78.6 cm³/mol. The highest BCUT2D eigenvalue weighted by molar-refractivity contribution is 9.10. The quantitative estimate of drug-likeness (QED) is 0.894. The summed E-state index contributed by atoms with van der Waals surface area (Å²) in [5.41, 5.74) is 1.02. The molecule has 0 bridgehead atoms. The van der Waals surface area contributed by atoms with E-state index in [-0.39, 0.29) is 12.4 Å². The minimum Gasteiger partial charge on any atom is -0.394 e. The van der Waals surface area contributed by atoms with Crippen LogP contribution in [-0.2, 0) is 5.54 Å². The molecule has 2 nitrogen and oxygen atoms in total. The SMILES string of the molecule is CC(CO)(Nc1ccccc1)c1ccc(F)cc1Br. The van der Waals surface area contributed by atoms with Crippen LogP contribution in [-0.4, -0.2) is 11.7 Å². The van der Waals surface area contributed by atoms with Crippen LogP contribution in [0.15, 0.2) is 53.0 Å². The Morgan fingerprint density at radius 1 is 1.21 bits per heavy atom. The van der Waals surface area contributed by atoms with Gasteiger partial charge in [0.15, 0.2) is 0 Å². The summed E-state index contributed by atoms with van der Waals surface area (Å²) < 4.78 is 13.8. The first-order valence-corrected chi connectivity index (χ1v) is 6.74. The minimum absolute atomic E-state index is 0.105. The number of hydrogen-bond donors (Lipinski definition) is 2. The smallest absolute Gasteiger partial charge is 0.124 e. The fourth-order valence-electron chi connectivity index (χ4n) is 1.97. The van der Waals surface area contributed by atoms with Crippen LogP contribution >= 0.6 is 15.9 Å². The fourth-order valence-corrected chi connectivity index (χ4v) is 2.76. The Labute approximate surface area is 120 Å². The van der Waals surface area contributed by atoms with Gasteiger partial charge >= 0.3 is 0 Å². The molecule has 0 radical (unpaired) electrons. The van der Waals surface area contributed by atoms with E-state index in [0.717, 1.165) is 11.3 Å². The van der Waals surface area contributed by atoms with Crippen molar-refractivity contribution in [1.29, 1.82) is 0 Å². The topological polar surface area (TPSA) is 32.3 Å². The lowest BCUT2D eigenvalue weighted by molar-refractivity contribution is 0.223. The molecule has 0 aliphatic carbocycles. The van der Waals surface area contributed by atoms with Gasteiger partial charge in [-0.15, -0.1) is 0 Å². The number of para-hydroxylation sites is 1. The summed E-state index contributed by atoms with van der Waals surface area (Å²) in [5, 5.41) is 13.0. The summed E-state index contributed by atoms with van der Waals surface area (Å²) in [6.07, 6.45) is 0. The molecule has 0 amide bonds. The van der Waals surface area contributed by atoms with Crippen LogP contribution in [0.4, 0.5) is 10.1 Å². The molecule has 0 aliphatic rings. The summed E-state index contributed by atoms with van der Waals surface area (Å²) >= 11 is 3.35. The van der Waals surface area contributed by atoms with Crippen molar-refractivity contribution in [2.24, 2.45) is 0 Å². The number of hydrogen-bond acceptors (Lipinski definition) is 2. The molecule has 1 atom stereocenters. The maximum atomic E-state index is 13.2. The lowest BCUT2D eigenvalue weighted by Gasteiger charge is -2.31. The Balaban J connectivity index is 2.36. The molecular weight excluding hydrogens is 309 g/mol. The third-order valence-electron chi connectivity index (χ3n) is 3.04. The van der Waals surface area contributed by atoms with E-state index >= 15 is 0 Å². The molecule has 4 heteroatoms. The summed E-state index contributed by atoms with van der Waals surface area (Å²) in [4.78, 5) is 0. The summed E-state index contributed by atoms with van der Waals surface area (Å²) in [6, 6.07) is 14.1. The monoisotopic (exact) mass is 323 g/mol. The van der Waals surface area contributed by atoms with E-state index in [9.17, 15) is 9.50 Å². The van der Waals surface area contributed by atoms with Crippen LogP contribution in [0.3, 0.4) is 0 Å². The van der Waals surface area contributed by atoms with Gasteiger partial charge < -0.3 is 10.4 Å². The Morgan fingerprint density at radius 2 is 1.89 bits per heavy atom. The molecular formula is C15H15BrFNO. The van der Waals surface area contributed by atoms with Crippen molar-refractivity contribution in [2.45, 2.75) is 12.5 Å². The van der Waals surface area contributed by atoms with Crippen molar-refractivity contribution in [1.82, 2.24) is 0 Å². The highest BCUT2D eigenvalue weighted by Crippen LogP contribution is 2.31. The second-order valence-electron chi connectivity index (χ2n) is 4.61. The summed E-state index contributed by atoms with van der Waals surface area (Å²) in [6.45, 7) is 1.77. The van der Waals surface area contributed by atoms with Crippen molar-refractivity contribution in [3.8, 4) is 0 Å². The number of rotatable bonds is 4. The average Bonchev–Trinajstić information content (AvgIpc) is 2.39. The molecule has 0 heterocycles. The van der Waals surface area contributed by atoms with Crippen LogP contribution < -0.4 is 5.32 Å². The molecule has 0 spiro atoms. The average molecular weight is 324 g/mol. The third kappa shape index (κ3) is 3.14. The number of halogens is 2. The first-order chi connectivity index (χ1) is 9.05. The maximum Gasteiger partial charge on any atom is 0.124 e. The first kappa shape index (κ1) is 14.0. The molecule has 2 aromatic rings. The molecule has 0 aromatic heterocycles. The van der Waals surface area contributed by atoms with Crippen molar-refractivity contribution in [3.05, 3.63) is 64.4 Å². The first-order valence-electron chi connectivity index (χ1n) is 5.95. The molecule has 2 rings (SSSR count). The van der Waals surface area contributed by atoms with E-state index in [0.29, 0.717) is 4.47 Å². The van der Waals surface area contributed by atoms with Crippen LogP contribution in [0.1, 0.15) is 12.5 Å². The van der Waals surface area contributed by atoms with Gasteiger partial charge in [0.1, 0.15) is 5.82 Å². The number of nitrogens with one attached hydrogen (secondary N) is 1. The molecule has 2 N–H and O–H groups in total. The number of aliphatic hydroxyl groups excluding tert-OH is 1. The molecule has 0 aliphatic heterocycles. The number of aliphatic hydroxyl groups is 1. The Hall–Kier alpha value is -1.39. The van der Waals surface area contributed by atoms with Crippen molar-refractivity contribution in [3.63, 3.8) is 0 Å². The van der Waals surface area contributed by atoms with Crippen molar-refractivity contribution >= 4 is 21.6 Å². The van der Waals surface area contributed by atoms with Gasteiger partial charge in [-0.3, -0.25) is 0 Å². The zero-order chi connectivity index (χ0) is 13.9. The molecule has 19 heavy (non-hydrogen) atoms. The van der Waals surface area contributed by atoms with Crippen LogP contribution in [0.5, 0.6) is 0 Å². The molecule has 0 saturated heterocycles. The maximum absolute atomic E-state index is 13.2. The van der Waals surface area contributed by atoms with Gasteiger partial charge in [-0.25, -0.2) is 4.39 Å². The van der Waals surface area contributed by atoms with Gasteiger partial charge in [0.25, 0.3) is 0 Å². The predicted octanol–water partition coefficient (Wildman–Crippen LogP) is 3.91. The summed E-state index contributed by atoms with van der Waals surface area (Å²) in [5.74, 6) is -0.310. The molecule has 100 valence electrons. The van der Waals surface area contributed by atoms with Gasteiger partial charge in [0, 0.05) is 10.2 Å². The second-order valence-corrected chi connectivity index (χ2v) is 5.46. The van der Waals surface area contributed by atoms with E-state index in [2.05, 4.69) is 21.2 Å². The van der Waals surface area contributed by atoms with E-state index < -0.39 is 5.54 Å². The molecule has 0 saturated carbocycles. The number of benzene rings is 2. The molecule has 1 unspecified atom stereocenters. The number of anilines is 1. The van der Waals surface area contributed by atoms with Crippen LogP contribution in [0.25, 0.3) is 0 Å².